The topological polar surface area (TPSA) is 239 Å². The van der Waals surface area contributed by atoms with Crippen LogP contribution in [0.3, 0.4) is 0 Å². The van der Waals surface area contributed by atoms with Gasteiger partial charge in [-0.05, 0) is 39.1 Å². The molecular weight excluding hydrogens is 692 g/mol. The number of β-lactam (4-membered cyclic amide) rings is 1. The molecule has 0 bridgehead atoms. The van der Waals surface area contributed by atoms with Crippen molar-refractivity contribution in [2.75, 3.05) is 37.7 Å². The van der Waals surface area contributed by atoms with Gasteiger partial charge in [-0.2, -0.15) is 0 Å². The zero-order chi connectivity index (χ0) is 34.7. The lowest BCUT2D eigenvalue weighted by atomic mass is 10.0. The smallest absolute Gasteiger partial charge is 0.352 e. The molecule has 2 aliphatic rings. The van der Waals surface area contributed by atoms with Gasteiger partial charge in [0.25, 0.3) is 11.8 Å². The van der Waals surface area contributed by atoms with Crippen LogP contribution in [0.5, 0.6) is 0 Å². The fraction of sp³-hybridized carbons (Fsp3) is 0.407. The predicted molar refractivity (Wildman–Crippen MR) is 175 cm³/mol. The van der Waals surface area contributed by atoms with Crippen LogP contribution in [0.2, 0.25) is 4.34 Å². The van der Waals surface area contributed by atoms with Crippen LogP contribution in [0.1, 0.15) is 19.0 Å². The lowest BCUT2D eigenvalue weighted by Crippen LogP contribution is -2.71. The second-order valence-electron chi connectivity index (χ2n) is 10.5. The fourth-order valence-corrected chi connectivity index (χ4v) is 7.39. The number of rotatable bonds is 15. The first-order valence-electron chi connectivity index (χ1n) is 14.4. The van der Waals surface area contributed by atoms with E-state index in [-0.39, 0.29) is 33.2 Å². The van der Waals surface area contributed by atoms with Crippen molar-refractivity contribution in [3.8, 4) is 0 Å². The number of hydrogen-bond donors (Lipinski definition) is 6. The molecule has 0 radical (unpaired) electrons. The van der Waals surface area contributed by atoms with E-state index in [0.29, 0.717) is 23.7 Å². The van der Waals surface area contributed by atoms with Crippen LogP contribution in [0.25, 0.3) is 11.2 Å². The lowest BCUT2D eigenvalue weighted by Gasteiger charge is -2.49. The maximum atomic E-state index is 13.4. The van der Waals surface area contributed by atoms with Gasteiger partial charge in [-0.25, -0.2) is 24.6 Å². The number of oxime groups is 1. The first-order valence-corrected chi connectivity index (χ1v) is 16.6. The lowest BCUT2D eigenvalue weighted by molar-refractivity contribution is -0.664. The Kier molecular flexibility index (Phi) is 10.7. The highest BCUT2D eigenvalue weighted by atomic mass is 35.5. The molecule has 1 saturated heterocycles. The number of halogens is 1. The standard InChI is InChI=1S/C27H31ClN10O8S2/c1-12(24(41)42)46-34-16(15-19(28)48-26(29)32-15)21(39)31-17-22(40)38-18(25(43)44)13(11-47-23(17)38)10-36-8-4-6-14-20(36)33-27(35-45-3)37(14)9-5-7-30-2/h4,6,8,12,17,23,30H,5,7,9-11H2,1-3H3,(H5,29,31,32,39,41,42,43,44)/p+1/t12-,17?,23?/m0/s1. The number of hydrogen-bond acceptors (Lipinski definition) is 14. The van der Waals surface area contributed by atoms with Crippen LogP contribution in [0.15, 0.2) is 34.8 Å². The second-order valence-corrected chi connectivity index (χ2v) is 13.3. The SMILES string of the molecule is CNCCCn1c(NOC)nc2c1ccc[n+]2CC1=C(C(=O)O)N2C(=O)C(NC(=O)C(=NO[C@@H](C)C(=O)O)c3nc(N)sc3Cl)C2SC1. The van der Waals surface area contributed by atoms with Crippen LogP contribution in [-0.2, 0) is 41.9 Å². The van der Waals surface area contributed by atoms with E-state index < -0.39 is 47.0 Å². The van der Waals surface area contributed by atoms with Gasteiger partial charge < -0.3 is 31.4 Å². The molecule has 48 heavy (non-hydrogen) atoms. The molecule has 0 saturated carbocycles. The number of carboxylic acids is 2. The number of amides is 2. The third-order valence-corrected chi connectivity index (χ3v) is 9.79. The molecule has 0 aromatic carbocycles. The molecule has 0 spiro atoms. The van der Waals surface area contributed by atoms with Crippen molar-refractivity contribution in [2.24, 2.45) is 5.16 Å². The maximum absolute atomic E-state index is 13.4. The summed E-state index contributed by atoms with van der Waals surface area (Å²) in [5, 5.41) is 28.0. The summed E-state index contributed by atoms with van der Waals surface area (Å²) in [7, 11) is 3.35. The minimum atomic E-state index is -1.42. The van der Waals surface area contributed by atoms with Crippen molar-refractivity contribution in [2.45, 2.75) is 44.0 Å². The Morgan fingerprint density at radius 3 is 2.73 bits per heavy atom. The highest BCUT2D eigenvalue weighted by Crippen LogP contribution is 2.40. The summed E-state index contributed by atoms with van der Waals surface area (Å²) in [6, 6.07) is 2.60. The average Bonchev–Trinajstić information content (AvgIpc) is 3.57. The molecule has 2 unspecified atom stereocenters. The Hall–Kier alpha value is -4.50. The van der Waals surface area contributed by atoms with Gasteiger partial charge in [0.2, 0.25) is 6.10 Å². The number of aliphatic carboxylic acids is 2. The number of nitrogens with zero attached hydrogens (tertiary/aromatic N) is 6. The van der Waals surface area contributed by atoms with Crippen LogP contribution in [0.4, 0.5) is 11.1 Å². The predicted octanol–water partition coefficient (Wildman–Crippen LogP) is 0.231. The van der Waals surface area contributed by atoms with Gasteiger partial charge in [-0.15, -0.1) is 11.8 Å². The number of carboxylic acid groups (broad SMARTS) is 2. The number of thioether (sulfide) groups is 1. The van der Waals surface area contributed by atoms with Crippen LogP contribution < -0.4 is 26.4 Å². The van der Waals surface area contributed by atoms with Gasteiger partial charge in [0.05, 0.1) is 13.3 Å². The summed E-state index contributed by atoms with van der Waals surface area (Å²) >= 11 is 8.31. The normalized spacial score (nSPS) is 18.4. The molecule has 2 amide bonds. The van der Waals surface area contributed by atoms with Crippen LogP contribution >= 0.6 is 34.7 Å². The van der Waals surface area contributed by atoms with Gasteiger partial charge in [0.1, 0.15) is 39.2 Å². The first-order chi connectivity index (χ1) is 23.0. The number of fused-ring (bicyclic) bond motifs is 2. The second kappa shape index (κ2) is 14.7. The number of aryl methyl sites for hydroxylation is 1. The number of aromatic nitrogens is 4. The van der Waals surface area contributed by atoms with Gasteiger partial charge in [0.15, 0.2) is 10.8 Å². The van der Waals surface area contributed by atoms with E-state index in [0.717, 1.165) is 34.7 Å². The molecule has 256 valence electrons. The van der Waals surface area contributed by atoms with Crippen molar-refractivity contribution in [1.82, 2.24) is 30.1 Å². The maximum Gasteiger partial charge on any atom is 0.352 e. The Morgan fingerprint density at radius 1 is 1.31 bits per heavy atom. The number of carbonyl (C=O) groups is 4. The summed E-state index contributed by atoms with van der Waals surface area (Å²) < 4.78 is 3.76. The molecule has 2 aliphatic heterocycles. The van der Waals surface area contributed by atoms with Gasteiger partial charge in [-0.3, -0.25) is 23.9 Å². The fourth-order valence-electron chi connectivity index (χ4n) is 5.13. The number of nitrogens with one attached hydrogen (secondary N) is 3. The third kappa shape index (κ3) is 6.88. The van der Waals surface area contributed by atoms with Crippen LogP contribution in [-0.4, -0.2) is 103 Å². The van der Waals surface area contributed by atoms with Gasteiger partial charge in [0, 0.05) is 22.9 Å². The van der Waals surface area contributed by atoms with E-state index in [4.69, 9.17) is 37.1 Å². The van der Waals surface area contributed by atoms with E-state index in [1.807, 2.05) is 23.7 Å². The molecule has 5 heterocycles. The largest absolute Gasteiger partial charge is 0.478 e. The number of anilines is 2. The Balaban J connectivity index is 1.40. The molecule has 21 heteroatoms. The number of carbonyl (C=O) groups excluding carboxylic acids is 2. The van der Waals surface area contributed by atoms with E-state index in [2.05, 4.69) is 26.3 Å². The van der Waals surface area contributed by atoms with Crippen LogP contribution in [0, 0.1) is 0 Å². The summed E-state index contributed by atoms with van der Waals surface area (Å²) in [6.07, 6.45) is 1.18. The number of nitrogens with two attached hydrogens (primary N) is 1. The summed E-state index contributed by atoms with van der Waals surface area (Å²) in [5.41, 5.74) is 9.51. The molecule has 0 aliphatic carbocycles. The average molecular weight is 724 g/mol. The molecule has 3 aromatic rings. The zero-order valence-corrected chi connectivity index (χ0v) is 28.2. The molecule has 1 fully saturated rings. The number of thiazole rings is 1. The summed E-state index contributed by atoms with van der Waals surface area (Å²) in [6.45, 7) is 2.75. The number of nitrogen functional groups attached to an aromatic ring is 1. The molecule has 3 atom stereocenters. The van der Waals surface area contributed by atoms with Crippen molar-refractivity contribution in [1.29, 1.82) is 0 Å². The Morgan fingerprint density at radius 2 is 2.08 bits per heavy atom. The quantitative estimate of drug-likeness (QED) is 0.0405. The molecule has 18 nitrogen and oxygen atoms in total. The third-order valence-electron chi connectivity index (χ3n) is 7.37. The molecule has 7 N–H and O–H groups in total. The molecule has 3 aromatic heterocycles. The van der Waals surface area contributed by atoms with Crippen molar-refractivity contribution in [3.63, 3.8) is 0 Å². The van der Waals surface area contributed by atoms with E-state index >= 15 is 0 Å². The Labute approximate surface area is 285 Å². The summed E-state index contributed by atoms with van der Waals surface area (Å²) in [4.78, 5) is 70.5. The molecule has 5 rings (SSSR count). The van der Waals surface area contributed by atoms with Crippen molar-refractivity contribution >= 4 is 86.4 Å². The number of pyridine rings is 1. The minimum absolute atomic E-state index is 0.0113. The Bertz CT molecular complexity index is 1830. The molecular formula is C27H32ClN10O8S2+. The highest BCUT2D eigenvalue weighted by molar-refractivity contribution is 8.00. The monoisotopic (exact) mass is 723 g/mol. The van der Waals surface area contributed by atoms with E-state index in [9.17, 15) is 24.3 Å². The van der Waals surface area contributed by atoms with E-state index in [1.54, 1.807) is 10.8 Å². The number of imidazole rings is 1. The highest BCUT2D eigenvalue weighted by Gasteiger charge is 2.54. The zero-order valence-electron chi connectivity index (χ0n) is 25.8. The first kappa shape index (κ1) is 34.8. The van der Waals surface area contributed by atoms with E-state index in [1.165, 1.54) is 25.8 Å². The van der Waals surface area contributed by atoms with Crippen molar-refractivity contribution in [3.05, 3.63) is 39.6 Å². The minimum Gasteiger partial charge on any atom is -0.478 e. The van der Waals surface area contributed by atoms with Crippen molar-refractivity contribution < 1.29 is 43.6 Å². The summed E-state index contributed by atoms with van der Waals surface area (Å²) in [5.74, 6) is -3.54. The van der Waals surface area contributed by atoms with Gasteiger partial charge >= 0.3 is 23.5 Å². The van der Waals surface area contributed by atoms with Gasteiger partial charge in [-0.1, -0.05) is 28.1 Å².